The Morgan fingerprint density at radius 3 is 2.59 bits per heavy atom. The van der Waals surface area contributed by atoms with Gasteiger partial charge in [-0.2, -0.15) is 4.98 Å². The number of fused-ring (bicyclic) bond motifs is 3. The molecule has 1 aliphatic heterocycles. The van der Waals surface area contributed by atoms with Crippen LogP contribution in [0.15, 0.2) is 53.7 Å². The van der Waals surface area contributed by atoms with Gasteiger partial charge in [0.05, 0.1) is 5.69 Å². The molecule has 0 radical (unpaired) electrons. The van der Waals surface area contributed by atoms with Gasteiger partial charge in [0.25, 0.3) is 0 Å². The van der Waals surface area contributed by atoms with E-state index in [1.807, 2.05) is 69.3 Å². The van der Waals surface area contributed by atoms with Crippen molar-refractivity contribution in [1.82, 2.24) is 15.2 Å². The van der Waals surface area contributed by atoms with E-state index in [0.29, 0.717) is 23.2 Å². The lowest BCUT2D eigenvalue weighted by Crippen LogP contribution is -2.37. The highest BCUT2D eigenvalue weighted by Gasteiger charge is 2.35. The van der Waals surface area contributed by atoms with Crippen LogP contribution < -0.4 is 9.64 Å². The van der Waals surface area contributed by atoms with Crippen LogP contribution in [-0.2, 0) is 4.79 Å². The average molecular weight is 407 g/mol. The van der Waals surface area contributed by atoms with Gasteiger partial charge in [0.1, 0.15) is 0 Å². The summed E-state index contributed by atoms with van der Waals surface area (Å²) >= 11 is 1.50. The minimum absolute atomic E-state index is 0.0352. The van der Waals surface area contributed by atoms with E-state index >= 15 is 0 Å². The molecule has 0 aliphatic carbocycles. The summed E-state index contributed by atoms with van der Waals surface area (Å²) in [6, 6.07) is 15.7. The normalized spacial score (nSPS) is 15.1. The van der Waals surface area contributed by atoms with E-state index < -0.39 is 6.23 Å². The summed E-state index contributed by atoms with van der Waals surface area (Å²) in [7, 11) is 0. The molecule has 7 heteroatoms. The number of rotatable bonds is 4. The summed E-state index contributed by atoms with van der Waals surface area (Å²) in [5.74, 6) is 1.19. The molecule has 0 N–H and O–H groups in total. The second-order valence-electron chi connectivity index (χ2n) is 6.70. The van der Waals surface area contributed by atoms with Gasteiger partial charge in [0.15, 0.2) is 5.69 Å². The highest BCUT2D eigenvalue weighted by atomic mass is 32.2. The number of benzene rings is 2. The standard InChI is InChI=1S/C22H22N4O2S/c1-4-18(27)26-17-9-7-6-8-16(17)19-20(23-22(25-24-19)29-5-2)28-21(26)15-12-10-14(3)11-13-15/h6-13,21H,4-5H2,1-3H3/t21-/m0/s1. The third-order valence-corrected chi connectivity index (χ3v) is 5.44. The lowest BCUT2D eigenvalue weighted by atomic mass is 10.1. The molecular formula is C22H22N4O2S. The second kappa shape index (κ2) is 8.21. The molecule has 2 heterocycles. The Balaban J connectivity index is 1.94. The molecule has 0 spiro atoms. The predicted octanol–water partition coefficient (Wildman–Crippen LogP) is 4.79. The van der Waals surface area contributed by atoms with Crippen LogP contribution in [0.5, 0.6) is 5.88 Å². The SMILES string of the molecule is CCSc1nnc2c(n1)O[C@@H](c1ccc(C)cc1)N(C(=O)CC)c1ccccc1-2. The van der Waals surface area contributed by atoms with Gasteiger partial charge in [-0.1, -0.05) is 73.6 Å². The van der Waals surface area contributed by atoms with Crippen molar-refractivity contribution in [2.24, 2.45) is 0 Å². The maximum atomic E-state index is 13.0. The highest BCUT2D eigenvalue weighted by Crippen LogP contribution is 2.43. The van der Waals surface area contributed by atoms with Crippen molar-refractivity contribution in [3.8, 4) is 17.1 Å². The molecule has 0 fully saturated rings. The van der Waals surface area contributed by atoms with E-state index in [4.69, 9.17) is 4.74 Å². The fraction of sp³-hybridized carbons (Fsp3) is 0.273. The van der Waals surface area contributed by atoms with Crippen molar-refractivity contribution in [2.45, 2.75) is 38.6 Å². The molecule has 1 aromatic heterocycles. The van der Waals surface area contributed by atoms with E-state index in [1.54, 1.807) is 4.90 Å². The molecule has 2 aromatic carbocycles. The first-order valence-electron chi connectivity index (χ1n) is 9.64. The van der Waals surface area contributed by atoms with Gasteiger partial charge in [-0.3, -0.25) is 9.69 Å². The number of thioether (sulfide) groups is 1. The van der Waals surface area contributed by atoms with E-state index in [1.165, 1.54) is 11.8 Å². The topological polar surface area (TPSA) is 68.2 Å². The third kappa shape index (κ3) is 3.70. The molecule has 4 rings (SSSR count). The third-order valence-electron chi connectivity index (χ3n) is 4.72. The van der Waals surface area contributed by atoms with Crippen molar-refractivity contribution in [2.75, 3.05) is 10.7 Å². The lowest BCUT2D eigenvalue weighted by molar-refractivity contribution is -0.120. The summed E-state index contributed by atoms with van der Waals surface area (Å²) in [6.07, 6.45) is -0.284. The first-order chi connectivity index (χ1) is 14.1. The van der Waals surface area contributed by atoms with E-state index in [0.717, 1.165) is 28.1 Å². The molecule has 29 heavy (non-hydrogen) atoms. The van der Waals surface area contributed by atoms with Crippen molar-refractivity contribution in [1.29, 1.82) is 0 Å². The average Bonchev–Trinajstić information content (AvgIpc) is 2.88. The van der Waals surface area contributed by atoms with Gasteiger partial charge in [-0.05, 0) is 18.7 Å². The van der Waals surface area contributed by atoms with Crippen LogP contribution in [0.2, 0.25) is 0 Å². The van der Waals surface area contributed by atoms with Crippen LogP contribution >= 0.6 is 11.8 Å². The number of anilines is 1. The Morgan fingerprint density at radius 2 is 1.86 bits per heavy atom. The summed E-state index contributed by atoms with van der Waals surface area (Å²) in [6.45, 7) is 5.92. The number of para-hydroxylation sites is 1. The number of nitrogens with zero attached hydrogens (tertiary/aromatic N) is 4. The number of aryl methyl sites for hydroxylation is 1. The Labute approximate surface area is 174 Å². The van der Waals surface area contributed by atoms with Gasteiger partial charge in [-0.25, -0.2) is 0 Å². The maximum Gasteiger partial charge on any atom is 0.247 e. The number of amides is 1. The van der Waals surface area contributed by atoms with E-state index in [2.05, 4.69) is 15.2 Å². The zero-order valence-electron chi connectivity index (χ0n) is 16.6. The summed E-state index contributed by atoms with van der Waals surface area (Å²) in [5, 5.41) is 9.20. The minimum Gasteiger partial charge on any atom is -0.447 e. The molecule has 3 aromatic rings. The number of aromatic nitrogens is 3. The number of ether oxygens (including phenoxy) is 1. The van der Waals surface area contributed by atoms with Crippen LogP contribution in [0.1, 0.15) is 37.6 Å². The van der Waals surface area contributed by atoms with Gasteiger partial charge < -0.3 is 4.74 Å². The Hall–Kier alpha value is -2.93. The van der Waals surface area contributed by atoms with Crippen LogP contribution in [0.3, 0.4) is 0 Å². The Bertz CT molecular complexity index is 1040. The van der Waals surface area contributed by atoms with E-state index in [-0.39, 0.29) is 5.91 Å². The molecule has 0 unspecified atom stereocenters. The summed E-state index contributed by atoms with van der Waals surface area (Å²) in [4.78, 5) is 19.3. The molecule has 6 nitrogen and oxygen atoms in total. The molecule has 1 amide bonds. The molecule has 1 atom stereocenters. The molecular weight excluding hydrogens is 384 g/mol. The zero-order chi connectivity index (χ0) is 20.4. The minimum atomic E-state index is -0.637. The fourth-order valence-electron chi connectivity index (χ4n) is 3.29. The van der Waals surface area contributed by atoms with E-state index in [9.17, 15) is 4.79 Å². The molecule has 0 saturated carbocycles. The highest BCUT2D eigenvalue weighted by molar-refractivity contribution is 7.99. The fourth-order valence-corrected chi connectivity index (χ4v) is 3.80. The number of carbonyl (C=O) groups is 1. The first-order valence-corrected chi connectivity index (χ1v) is 10.6. The van der Waals surface area contributed by atoms with Crippen LogP contribution in [0, 0.1) is 6.92 Å². The van der Waals surface area contributed by atoms with Crippen LogP contribution in [-0.4, -0.2) is 26.8 Å². The largest absolute Gasteiger partial charge is 0.447 e. The molecule has 1 aliphatic rings. The van der Waals surface area contributed by atoms with Crippen molar-refractivity contribution in [3.05, 3.63) is 59.7 Å². The van der Waals surface area contributed by atoms with Gasteiger partial charge in [0.2, 0.25) is 23.2 Å². The first kappa shape index (κ1) is 19.4. The van der Waals surface area contributed by atoms with Gasteiger partial charge in [-0.15, -0.1) is 10.2 Å². The van der Waals surface area contributed by atoms with Crippen molar-refractivity contribution < 1.29 is 9.53 Å². The number of hydrogen-bond donors (Lipinski definition) is 0. The lowest BCUT2D eigenvalue weighted by Gasteiger charge is -2.30. The quantitative estimate of drug-likeness (QED) is 0.580. The predicted molar refractivity (Wildman–Crippen MR) is 114 cm³/mol. The van der Waals surface area contributed by atoms with Crippen LogP contribution in [0.25, 0.3) is 11.3 Å². The smallest absolute Gasteiger partial charge is 0.247 e. The molecule has 0 bridgehead atoms. The van der Waals surface area contributed by atoms with Crippen molar-refractivity contribution >= 4 is 23.4 Å². The summed E-state index contributed by atoms with van der Waals surface area (Å²) < 4.78 is 6.37. The van der Waals surface area contributed by atoms with Gasteiger partial charge in [0, 0.05) is 17.5 Å². The van der Waals surface area contributed by atoms with Crippen molar-refractivity contribution in [3.63, 3.8) is 0 Å². The number of hydrogen-bond acceptors (Lipinski definition) is 6. The maximum absolute atomic E-state index is 13.0. The zero-order valence-corrected chi connectivity index (χ0v) is 17.4. The Kier molecular flexibility index (Phi) is 5.49. The number of carbonyl (C=O) groups excluding carboxylic acids is 1. The van der Waals surface area contributed by atoms with Crippen LogP contribution in [0.4, 0.5) is 5.69 Å². The second-order valence-corrected chi connectivity index (χ2v) is 7.93. The monoisotopic (exact) mass is 406 g/mol. The van der Waals surface area contributed by atoms with Gasteiger partial charge >= 0.3 is 0 Å². The summed E-state index contributed by atoms with van der Waals surface area (Å²) in [5.41, 5.74) is 4.10. The Morgan fingerprint density at radius 1 is 1.10 bits per heavy atom. The molecule has 148 valence electrons. The molecule has 0 saturated heterocycles.